The maximum Gasteiger partial charge on any atom is 0.187 e. The third-order valence-corrected chi connectivity index (χ3v) is 8.20. The van der Waals surface area contributed by atoms with E-state index in [1.807, 2.05) is 0 Å². The molecule has 264 valence electrons. The van der Waals surface area contributed by atoms with Gasteiger partial charge in [0.25, 0.3) is 0 Å². The number of ether oxygens (including phenoxy) is 7. The lowest BCUT2D eigenvalue weighted by Crippen LogP contribution is -2.67. The van der Waals surface area contributed by atoms with E-state index in [9.17, 15) is 71.5 Å². The topological polar surface area (TPSA) is 348 Å². The Balaban J connectivity index is 1.43. The van der Waals surface area contributed by atoms with Gasteiger partial charge in [0.05, 0.1) is 26.4 Å². The van der Waals surface area contributed by atoms with Gasteiger partial charge in [-0.2, -0.15) is 0 Å². The van der Waals surface area contributed by atoms with E-state index >= 15 is 0 Å². The van der Waals surface area contributed by atoms with E-state index in [-0.39, 0.29) is 0 Å². The maximum absolute atomic E-state index is 10.9. The predicted octanol–water partition coefficient (Wildman–Crippen LogP) is -9.75. The fourth-order valence-electron chi connectivity index (χ4n) is 5.55. The van der Waals surface area contributed by atoms with Crippen molar-refractivity contribution in [1.82, 2.24) is 0 Å². The van der Waals surface area contributed by atoms with E-state index in [0.717, 1.165) is 0 Å². The molecule has 4 aliphatic rings. The molecule has 14 N–H and O–H groups in total. The summed E-state index contributed by atoms with van der Waals surface area (Å²) in [6.45, 7) is -3.39. The van der Waals surface area contributed by atoms with E-state index in [4.69, 9.17) is 33.2 Å². The molecule has 4 fully saturated rings. The fourth-order valence-corrected chi connectivity index (χ4v) is 5.55. The molecule has 0 aromatic carbocycles. The van der Waals surface area contributed by atoms with Crippen LogP contribution in [0.4, 0.5) is 0 Å². The predicted molar refractivity (Wildman–Crippen MR) is 134 cm³/mol. The van der Waals surface area contributed by atoms with Gasteiger partial charge in [0.15, 0.2) is 25.2 Å². The second-order valence-electron chi connectivity index (χ2n) is 11.1. The van der Waals surface area contributed by atoms with E-state index in [1.165, 1.54) is 0 Å². The van der Waals surface area contributed by atoms with E-state index in [0.29, 0.717) is 0 Å². The lowest BCUT2D eigenvalue weighted by Gasteiger charge is -2.49. The van der Waals surface area contributed by atoms with Gasteiger partial charge in [-0.25, -0.2) is 0 Å². The summed E-state index contributed by atoms with van der Waals surface area (Å²) in [5.74, 6) is 0. The van der Waals surface area contributed by atoms with Crippen LogP contribution >= 0.6 is 0 Å². The van der Waals surface area contributed by atoms with Crippen LogP contribution < -0.4 is 0 Å². The quantitative estimate of drug-likeness (QED) is 0.103. The van der Waals surface area contributed by atoms with Gasteiger partial charge in [-0.05, 0) is 0 Å². The summed E-state index contributed by atoms with van der Waals surface area (Å²) in [6, 6.07) is 0. The SMILES string of the molecule is OC[C@H]1O[C@@H](O[C@@H]2[C@H](O)[C@@H](O)[C@H](O[C@@H]3[C@H](O)[C@@H](O)[C@H](O[C@@H]4[C@H](O)[C@@H](O)[C@H](O)O[C@@H]4CO)O[C@@H]3CO)O[C@@H]2CO)[C@H](O)[C@@H](O)[C@H]1O. The number of aliphatic hydroxyl groups excluding tert-OH is 14. The van der Waals surface area contributed by atoms with Crippen molar-refractivity contribution in [1.29, 1.82) is 0 Å². The van der Waals surface area contributed by atoms with Crippen LogP contribution in [0.5, 0.6) is 0 Å². The Hall–Kier alpha value is -0.840. The summed E-state index contributed by atoms with van der Waals surface area (Å²) in [5, 5.41) is 142. The van der Waals surface area contributed by atoms with E-state index < -0.39 is 149 Å². The molecule has 4 aliphatic heterocycles. The highest BCUT2D eigenvalue weighted by Gasteiger charge is 2.55. The molecule has 4 heterocycles. The van der Waals surface area contributed by atoms with Crippen LogP contribution in [0.15, 0.2) is 0 Å². The molecule has 0 saturated carbocycles. The van der Waals surface area contributed by atoms with Crippen LogP contribution in [0, 0.1) is 0 Å². The normalized spacial score (nSPS) is 52.9. The summed E-state index contributed by atoms with van der Waals surface area (Å²) >= 11 is 0. The van der Waals surface area contributed by atoms with Gasteiger partial charge in [-0.1, -0.05) is 0 Å². The van der Waals surface area contributed by atoms with Gasteiger partial charge in [-0.15, -0.1) is 0 Å². The highest BCUT2D eigenvalue weighted by molar-refractivity contribution is 4.97. The molecule has 0 bridgehead atoms. The van der Waals surface area contributed by atoms with Crippen molar-refractivity contribution in [3.63, 3.8) is 0 Å². The minimum Gasteiger partial charge on any atom is -0.394 e. The molecule has 0 aromatic rings. The second kappa shape index (κ2) is 15.6. The van der Waals surface area contributed by atoms with Crippen molar-refractivity contribution in [3.8, 4) is 0 Å². The molecular formula is C24H42O21. The highest BCUT2D eigenvalue weighted by atomic mass is 16.8. The highest BCUT2D eigenvalue weighted by Crippen LogP contribution is 2.34. The number of rotatable bonds is 10. The van der Waals surface area contributed by atoms with Crippen LogP contribution in [-0.2, 0) is 33.2 Å². The number of aliphatic hydroxyl groups is 14. The Bertz CT molecular complexity index is 910. The first-order chi connectivity index (χ1) is 21.3. The average molecular weight is 667 g/mol. The van der Waals surface area contributed by atoms with Crippen LogP contribution in [0.25, 0.3) is 0 Å². The Kier molecular flexibility index (Phi) is 12.8. The van der Waals surface area contributed by atoms with Gasteiger partial charge in [0.2, 0.25) is 0 Å². The molecule has 21 heteroatoms. The summed E-state index contributed by atoms with van der Waals surface area (Å²) in [6.07, 6.45) is -35.3. The fraction of sp³-hybridized carbons (Fsp3) is 1.00. The van der Waals surface area contributed by atoms with Gasteiger partial charge in [0.1, 0.15) is 97.7 Å². The summed E-state index contributed by atoms with van der Waals surface area (Å²) < 4.78 is 37.7. The zero-order valence-corrected chi connectivity index (χ0v) is 23.5. The average Bonchev–Trinajstić information content (AvgIpc) is 3.03. The van der Waals surface area contributed by atoms with Crippen molar-refractivity contribution in [3.05, 3.63) is 0 Å². The molecule has 20 atom stereocenters. The molecule has 0 unspecified atom stereocenters. The Morgan fingerprint density at radius 3 is 1.02 bits per heavy atom. The van der Waals surface area contributed by atoms with Crippen LogP contribution in [0.2, 0.25) is 0 Å². The number of hydrogen-bond acceptors (Lipinski definition) is 21. The van der Waals surface area contributed by atoms with Crippen molar-refractivity contribution < 1.29 is 105 Å². The number of hydrogen-bond donors (Lipinski definition) is 14. The third kappa shape index (κ3) is 7.44. The molecule has 0 spiro atoms. The first-order valence-corrected chi connectivity index (χ1v) is 14.1. The molecule has 0 aliphatic carbocycles. The Morgan fingerprint density at radius 1 is 0.333 bits per heavy atom. The van der Waals surface area contributed by atoms with Gasteiger partial charge in [0, 0.05) is 0 Å². The largest absolute Gasteiger partial charge is 0.394 e. The monoisotopic (exact) mass is 666 g/mol. The van der Waals surface area contributed by atoms with Crippen molar-refractivity contribution >= 4 is 0 Å². The zero-order chi connectivity index (χ0) is 33.3. The first kappa shape index (κ1) is 37.0. The Labute approximate surface area is 254 Å². The third-order valence-electron chi connectivity index (χ3n) is 8.20. The van der Waals surface area contributed by atoms with Gasteiger partial charge in [-0.3, -0.25) is 0 Å². The molecule has 0 aromatic heterocycles. The van der Waals surface area contributed by atoms with Crippen molar-refractivity contribution in [2.75, 3.05) is 26.4 Å². The lowest BCUT2D eigenvalue weighted by atomic mass is 9.95. The summed E-state index contributed by atoms with van der Waals surface area (Å²) in [7, 11) is 0. The van der Waals surface area contributed by atoms with E-state index in [1.54, 1.807) is 0 Å². The zero-order valence-electron chi connectivity index (χ0n) is 23.5. The van der Waals surface area contributed by atoms with Crippen LogP contribution in [0.1, 0.15) is 0 Å². The molecular weight excluding hydrogens is 624 g/mol. The molecule has 0 radical (unpaired) electrons. The van der Waals surface area contributed by atoms with Gasteiger partial charge >= 0.3 is 0 Å². The van der Waals surface area contributed by atoms with Gasteiger partial charge < -0.3 is 105 Å². The second-order valence-corrected chi connectivity index (χ2v) is 11.1. The maximum atomic E-state index is 10.9. The van der Waals surface area contributed by atoms with Crippen molar-refractivity contribution in [2.45, 2.75) is 123 Å². The molecule has 4 saturated heterocycles. The molecule has 21 nitrogen and oxygen atoms in total. The summed E-state index contributed by atoms with van der Waals surface area (Å²) in [4.78, 5) is 0. The molecule has 45 heavy (non-hydrogen) atoms. The summed E-state index contributed by atoms with van der Waals surface area (Å²) in [5.41, 5.74) is 0. The Morgan fingerprint density at radius 2 is 0.644 bits per heavy atom. The van der Waals surface area contributed by atoms with E-state index in [2.05, 4.69) is 0 Å². The minimum atomic E-state index is -2.02. The van der Waals surface area contributed by atoms with Crippen molar-refractivity contribution in [2.24, 2.45) is 0 Å². The minimum absolute atomic E-state index is 0.784. The lowest BCUT2D eigenvalue weighted by molar-refractivity contribution is -0.387. The first-order valence-electron chi connectivity index (χ1n) is 14.1. The smallest absolute Gasteiger partial charge is 0.187 e. The molecule has 0 amide bonds. The standard InChI is InChI=1S/C24H42O21/c25-1-5-9(29)10(30)15(35)22(40-5)44-19-7(3-27)42-24(17(37)12(19)32)45-20-8(4-28)41-23(16(36)13(20)33)43-18-6(2-26)39-21(38)14(34)11(18)31/h5-38H,1-4H2/t5-,6-,7-,8-,9+,10+,11-,12-,13-,14-,15-,16-,17-,18+,19+,20+,21-,22+,23+,24+/m1/s1. The van der Waals surface area contributed by atoms with Crippen LogP contribution in [0.3, 0.4) is 0 Å². The van der Waals surface area contributed by atoms with Crippen LogP contribution in [-0.4, -0.2) is 221 Å². The molecule has 4 rings (SSSR count).